The van der Waals surface area contributed by atoms with E-state index in [0.29, 0.717) is 51.6 Å². The maximum atomic E-state index is 13.1. The Labute approximate surface area is 289 Å². The van der Waals surface area contributed by atoms with Gasteiger partial charge in [0.05, 0.1) is 0 Å². The molecular weight excluding hydrogens is 612 g/mol. The summed E-state index contributed by atoms with van der Waals surface area (Å²) in [5.41, 5.74) is 11.2. The maximum Gasteiger partial charge on any atom is 0.325 e. The molecule has 0 fully saturated rings. The standard InChI is InChI=1S/C36H66N6O6/c1-4-5-6-7-8-9-10-11-12-13-14-15-16-17-18-25-32(43)41-30(23-19-21-26-37)34(45)39-28(2)33(44)42-31(24-20-22-27-38)35(46)40-29(3)36(47)48/h8-9,11-12,28-31H,4-7,10,13-27,37-38H2,1-3H3,(H,39,45)(H,40,46)(H,41,43)(H,42,44)(H,47,48)/b9-8-,12-11-/t28-,29-,30-,31-/m0/s1. The van der Waals surface area contributed by atoms with E-state index < -0.39 is 47.9 Å². The van der Waals surface area contributed by atoms with Crippen LogP contribution in [-0.2, 0) is 24.0 Å². The van der Waals surface area contributed by atoms with Crippen molar-refractivity contribution in [3.63, 3.8) is 0 Å². The minimum atomic E-state index is -1.20. The molecule has 12 heteroatoms. The number of amides is 4. The number of carbonyl (C=O) groups is 5. The van der Waals surface area contributed by atoms with Crippen molar-refractivity contribution in [3.05, 3.63) is 24.3 Å². The van der Waals surface area contributed by atoms with Gasteiger partial charge in [-0.15, -0.1) is 0 Å². The molecule has 0 spiro atoms. The number of carbonyl (C=O) groups excluding carboxylic acids is 4. The third-order valence-electron chi connectivity index (χ3n) is 8.01. The Morgan fingerprint density at radius 3 is 1.62 bits per heavy atom. The number of carboxylic acid groups (broad SMARTS) is 1. The fourth-order valence-corrected chi connectivity index (χ4v) is 4.94. The molecule has 0 radical (unpaired) electrons. The van der Waals surface area contributed by atoms with Crippen molar-refractivity contribution in [1.29, 1.82) is 0 Å². The van der Waals surface area contributed by atoms with Crippen LogP contribution in [0.25, 0.3) is 0 Å². The lowest BCUT2D eigenvalue weighted by atomic mass is 10.1. The summed E-state index contributed by atoms with van der Waals surface area (Å²) in [7, 11) is 0. The molecule has 0 bridgehead atoms. The zero-order valence-corrected chi connectivity index (χ0v) is 29.9. The number of nitrogens with two attached hydrogens (primary N) is 2. The molecule has 4 amide bonds. The molecule has 0 heterocycles. The molecule has 0 saturated carbocycles. The molecule has 12 nitrogen and oxygen atoms in total. The van der Waals surface area contributed by atoms with Crippen molar-refractivity contribution in [2.24, 2.45) is 11.5 Å². The quantitative estimate of drug-likeness (QED) is 0.0434. The van der Waals surface area contributed by atoms with Crippen LogP contribution in [0, 0.1) is 0 Å². The van der Waals surface area contributed by atoms with E-state index in [2.05, 4.69) is 52.5 Å². The van der Waals surface area contributed by atoms with Gasteiger partial charge in [-0.1, -0.05) is 63.3 Å². The Hall–Kier alpha value is -3.25. The predicted molar refractivity (Wildman–Crippen MR) is 192 cm³/mol. The van der Waals surface area contributed by atoms with Gasteiger partial charge in [0.1, 0.15) is 24.2 Å². The van der Waals surface area contributed by atoms with Crippen LogP contribution in [0.5, 0.6) is 0 Å². The molecule has 0 unspecified atom stereocenters. The van der Waals surface area contributed by atoms with E-state index in [1.165, 1.54) is 39.5 Å². The Morgan fingerprint density at radius 1 is 0.583 bits per heavy atom. The first-order valence-corrected chi connectivity index (χ1v) is 18.2. The molecule has 0 aliphatic heterocycles. The van der Waals surface area contributed by atoms with Gasteiger partial charge in [0.15, 0.2) is 0 Å². The van der Waals surface area contributed by atoms with Crippen LogP contribution in [0.4, 0.5) is 0 Å². The zero-order chi connectivity index (χ0) is 36.0. The average molecular weight is 679 g/mol. The summed E-state index contributed by atoms with van der Waals surface area (Å²) in [6.45, 7) is 5.90. The fourth-order valence-electron chi connectivity index (χ4n) is 4.94. The number of aliphatic carboxylic acids is 1. The summed E-state index contributed by atoms with van der Waals surface area (Å²) < 4.78 is 0. The monoisotopic (exact) mass is 679 g/mol. The van der Waals surface area contributed by atoms with Crippen LogP contribution in [-0.4, -0.2) is 72.0 Å². The summed E-state index contributed by atoms with van der Waals surface area (Å²) in [5, 5.41) is 19.6. The normalized spacial score (nSPS) is 13.9. The van der Waals surface area contributed by atoms with Gasteiger partial charge in [0.2, 0.25) is 23.6 Å². The lowest BCUT2D eigenvalue weighted by molar-refractivity contribution is -0.141. The molecule has 0 aromatic carbocycles. The summed E-state index contributed by atoms with van der Waals surface area (Å²) in [4.78, 5) is 62.7. The Bertz CT molecular complexity index is 973. The lowest BCUT2D eigenvalue weighted by Crippen LogP contribution is -2.56. The summed E-state index contributed by atoms with van der Waals surface area (Å²) in [6.07, 6.45) is 24.4. The molecule has 4 atom stereocenters. The first kappa shape index (κ1) is 44.8. The smallest absolute Gasteiger partial charge is 0.325 e. The van der Waals surface area contributed by atoms with Crippen molar-refractivity contribution < 1.29 is 29.1 Å². The highest BCUT2D eigenvalue weighted by atomic mass is 16.4. The van der Waals surface area contributed by atoms with E-state index >= 15 is 0 Å². The highest BCUT2D eigenvalue weighted by Gasteiger charge is 2.28. The molecule has 276 valence electrons. The minimum absolute atomic E-state index is 0.213. The van der Waals surface area contributed by atoms with Gasteiger partial charge >= 0.3 is 5.97 Å². The van der Waals surface area contributed by atoms with Gasteiger partial charge in [-0.2, -0.15) is 0 Å². The van der Waals surface area contributed by atoms with E-state index in [0.717, 1.165) is 44.9 Å². The van der Waals surface area contributed by atoms with Crippen LogP contribution >= 0.6 is 0 Å². The Morgan fingerprint density at radius 2 is 1.08 bits per heavy atom. The second-order valence-corrected chi connectivity index (χ2v) is 12.5. The molecule has 48 heavy (non-hydrogen) atoms. The van der Waals surface area contributed by atoms with Crippen LogP contribution in [0.3, 0.4) is 0 Å². The number of hydrogen-bond donors (Lipinski definition) is 7. The number of hydrogen-bond acceptors (Lipinski definition) is 7. The lowest BCUT2D eigenvalue weighted by Gasteiger charge is -2.24. The van der Waals surface area contributed by atoms with E-state index in [9.17, 15) is 24.0 Å². The third kappa shape index (κ3) is 24.0. The first-order chi connectivity index (χ1) is 23.1. The van der Waals surface area contributed by atoms with Gasteiger partial charge in [0.25, 0.3) is 0 Å². The number of carboxylic acids is 1. The number of unbranched alkanes of at least 4 members (excludes halogenated alkanes) is 10. The topological polar surface area (TPSA) is 206 Å². The number of allylic oxidation sites excluding steroid dienone is 4. The Balaban J connectivity index is 4.73. The van der Waals surface area contributed by atoms with E-state index in [1.807, 2.05) is 0 Å². The number of rotatable bonds is 30. The summed E-state index contributed by atoms with van der Waals surface area (Å²) in [6, 6.07) is -3.95. The van der Waals surface area contributed by atoms with Crippen molar-refractivity contribution in [1.82, 2.24) is 21.3 Å². The maximum absolute atomic E-state index is 13.1. The predicted octanol–water partition coefficient (Wildman–Crippen LogP) is 4.12. The van der Waals surface area contributed by atoms with Crippen LogP contribution in [0.15, 0.2) is 24.3 Å². The highest BCUT2D eigenvalue weighted by molar-refractivity contribution is 5.94. The van der Waals surface area contributed by atoms with Gasteiger partial charge in [0, 0.05) is 6.42 Å². The van der Waals surface area contributed by atoms with Crippen LogP contribution < -0.4 is 32.7 Å². The van der Waals surface area contributed by atoms with Crippen molar-refractivity contribution in [2.45, 2.75) is 161 Å². The first-order valence-electron chi connectivity index (χ1n) is 18.2. The second kappa shape index (κ2) is 29.9. The van der Waals surface area contributed by atoms with Crippen molar-refractivity contribution >= 4 is 29.6 Å². The molecule has 0 aliphatic carbocycles. The van der Waals surface area contributed by atoms with Gasteiger partial charge in [-0.05, 0) is 104 Å². The van der Waals surface area contributed by atoms with Gasteiger partial charge in [-0.25, -0.2) is 0 Å². The minimum Gasteiger partial charge on any atom is -0.480 e. The molecule has 9 N–H and O–H groups in total. The Kier molecular flexibility index (Phi) is 27.8. The van der Waals surface area contributed by atoms with Gasteiger partial charge in [-0.3, -0.25) is 24.0 Å². The summed E-state index contributed by atoms with van der Waals surface area (Å²) in [5.74, 6) is -3.14. The van der Waals surface area contributed by atoms with Crippen molar-refractivity contribution in [2.75, 3.05) is 13.1 Å². The van der Waals surface area contributed by atoms with E-state index in [1.54, 1.807) is 0 Å². The average Bonchev–Trinajstić information content (AvgIpc) is 3.05. The van der Waals surface area contributed by atoms with E-state index in [-0.39, 0.29) is 12.3 Å². The largest absolute Gasteiger partial charge is 0.480 e. The van der Waals surface area contributed by atoms with Gasteiger partial charge < -0.3 is 37.8 Å². The molecule has 0 rings (SSSR count). The molecule has 0 aromatic rings. The summed E-state index contributed by atoms with van der Waals surface area (Å²) >= 11 is 0. The second-order valence-electron chi connectivity index (χ2n) is 12.5. The highest BCUT2D eigenvalue weighted by Crippen LogP contribution is 2.10. The zero-order valence-electron chi connectivity index (χ0n) is 29.9. The molecular formula is C36H66N6O6. The van der Waals surface area contributed by atoms with Crippen LogP contribution in [0.2, 0.25) is 0 Å². The molecule has 0 aliphatic rings. The van der Waals surface area contributed by atoms with E-state index in [4.69, 9.17) is 16.6 Å². The van der Waals surface area contributed by atoms with Crippen LogP contribution in [0.1, 0.15) is 136 Å². The van der Waals surface area contributed by atoms with Crippen molar-refractivity contribution in [3.8, 4) is 0 Å². The SMILES string of the molecule is CCCCC/C=C\C/C=C\CCCCCCCC(=O)N[C@@H](CCCCN)C(=O)N[C@@H](C)C(=O)N[C@@H](CCCCN)C(=O)N[C@@H](C)C(=O)O. The third-order valence-corrected chi connectivity index (χ3v) is 8.01. The molecule has 0 saturated heterocycles. The molecule has 0 aromatic heterocycles. The number of nitrogens with one attached hydrogen (secondary N) is 4. The fraction of sp³-hybridized carbons (Fsp3) is 0.750.